The molecule has 0 saturated heterocycles. The van der Waals surface area contributed by atoms with Crippen LogP contribution in [-0.4, -0.2) is 28.5 Å². The molecule has 0 heterocycles. The van der Waals surface area contributed by atoms with Crippen LogP contribution in [0, 0.1) is 0 Å². The van der Waals surface area contributed by atoms with Crippen molar-refractivity contribution in [2.75, 3.05) is 14.1 Å². The summed E-state index contributed by atoms with van der Waals surface area (Å²) in [4.78, 5) is 4.25. The van der Waals surface area contributed by atoms with Crippen molar-refractivity contribution in [2.45, 2.75) is 25.3 Å². The zero-order valence-electron chi connectivity index (χ0n) is 15.8. The van der Waals surface area contributed by atoms with Gasteiger partial charge in [-0.15, -0.1) is 24.0 Å². The number of nitrogens with one attached hydrogen (secondary N) is 3. The molecule has 0 spiro atoms. The Bertz CT molecular complexity index is 825. The third kappa shape index (κ3) is 7.86. The van der Waals surface area contributed by atoms with Crippen molar-refractivity contribution in [2.24, 2.45) is 4.99 Å². The average Bonchev–Trinajstić information content (AvgIpc) is 2.66. The minimum Gasteiger partial charge on any atom is -0.352 e. The molecule has 2 rings (SSSR count). The molecule has 2 aromatic carbocycles. The normalized spacial score (nSPS) is 12.8. The van der Waals surface area contributed by atoms with E-state index < -0.39 is 10.0 Å². The largest absolute Gasteiger partial charge is 0.352 e. The monoisotopic (exact) mass is 502 g/mol. The van der Waals surface area contributed by atoms with Crippen molar-refractivity contribution < 1.29 is 8.42 Å². The van der Waals surface area contributed by atoms with Gasteiger partial charge in [-0.3, -0.25) is 4.99 Å². The third-order valence-electron chi connectivity index (χ3n) is 4.03. The SMILES string of the molecule is CN=C(NCc1ccc(CS(=O)(=O)NC)cc1)NC(C)c1ccccc1.I. The Morgan fingerprint density at radius 2 is 1.63 bits per heavy atom. The number of nitrogens with zero attached hydrogens (tertiary/aromatic N) is 1. The predicted molar refractivity (Wildman–Crippen MR) is 122 cm³/mol. The standard InChI is InChI=1S/C19H26N4O2S.HI/c1-15(18-7-5-4-6-8-18)23-19(20-2)22-13-16-9-11-17(12-10-16)14-26(24,25)21-3;/h4-12,15,21H,13-14H2,1-3H3,(H2,20,22,23);1H. The Kier molecular flexibility index (Phi) is 9.75. The molecule has 148 valence electrons. The van der Waals surface area contributed by atoms with Gasteiger partial charge in [-0.2, -0.15) is 0 Å². The van der Waals surface area contributed by atoms with E-state index in [0.717, 1.165) is 11.1 Å². The zero-order chi connectivity index (χ0) is 19.0. The fraction of sp³-hybridized carbons (Fsp3) is 0.316. The molecule has 2 aromatic rings. The van der Waals surface area contributed by atoms with Crippen LogP contribution in [0.4, 0.5) is 0 Å². The van der Waals surface area contributed by atoms with E-state index in [1.54, 1.807) is 7.05 Å². The molecule has 8 heteroatoms. The fourth-order valence-corrected chi connectivity index (χ4v) is 3.23. The molecule has 3 N–H and O–H groups in total. The van der Waals surface area contributed by atoms with Crippen molar-refractivity contribution >= 4 is 40.0 Å². The minimum absolute atomic E-state index is 0. The van der Waals surface area contributed by atoms with E-state index in [1.165, 1.54) is 12.6 Å². The first-order valence-corrected chi connectivity index (χ1v) is 10.1. The molecular formula is C19H27IN4O2S. The van der Waals surface area contributed by atoms with Gasteiger partial charge >= 0.3 is 0 Å². The molecule has 0 aliphatic heterocycles. The molecule has 0 aliphatic rings. The van der Waals surface area contributed by atoms with Crippen molar-refractivity contribution in [3.05, 3.63) is 71.3 Å². The first-order valence-electron chi connectivity index (χ1n) is 8.44. The molecule has 6 nitrogen and oxygen atoms in total. The summed E-state index contributed by atoms with van der Waals surface area (Å²) in [6, 6.07) is 17.8. The van der Waals surface area contributed by atoms with Gasteiger partial charge in [-0.25, -0.2) is 13.1 Å². The second-order valence-corrected chi connectivity index (χ2v) is 7.91. The number of sulfonamides is 1. The van der Waals surface area contributed by atoms with Gasteiger partial charge in [0.25, 0.3) is 0 Å². The number of benzene rings is 2. The smallest absolute Gasteiger partial charge is 0.215 e. The zero-order valence-corrected chi connectivity index (χ0v) is 18.9. The molecule has 27 heavy (non-hydrogen) atoms. The third-order valence-corrected chi connectivity index (χ3v) is 5.36. The molecule has 0 aromatic heterocycles. The number of hydrogen-bond donors (Lipinski definition) is 3. The summed E-state index contributed by atoms with van der Waals surface area (Å²) in [7, 11) is -0.0955. The molecule has 1 atom stereocenters. The minimum atomic E-state index is -3.25. The molecule has 0 radical (unpaired) electrons. The lowest BCUT2D eigenvalue weighted by Gasteiger charge is -2.18. The Balaban J connectivity index is 0.00000364. The van der Waals surface area contributed by atoms with Gasteiger partial charge in [-0.05, 0) is 30.7 Å². The van der Waals surface area contributed by atoms with Gasteiger partial charge in [0.15, 0.2) is 5.96 Å². The van der Waals surface area contributed by atoms with Crippen LogP contribution in [0.15, 0.2) is 59.6 Å². The van der Waals surface area contributed by atoms with Gasteiger partial charge in [0.05, 0.1) is 11.8 Å². The summed E-state index contributed by atoms with van der Waals surface area (Å²) in [5, 5.41) is 6.63. The predicted octanol–water partition coefficient (Wildman–Crippen LogP) is 2.78. The highest BCUT2D eigenvalue weighted by molar-refractivity contribution is 14.0. The van der Waals surface area contributed by atoms with Crippen molar-refractivity contribution in [3.63, 3.8) is 0 Å². The van der Waals surface area contributed by atoms with Crippen LogP contribution in [0.3, 0.4) is 0 Å². The number of hydrogen-bond acceptors (Lipinski definition) is 3. The van der Waals surface area contributed by atoms with Gasteiger partial charge in [0.1, 0.15) is 0 Å². The summed E-state index contributed by atoms with van der Waals surface area (Å²) in [5.74, 6) is 0.692. The second kappa shape index (κ2) is 11.3. The highest BCUT2D eigenvalue weighted by atomic mass is 127. The van der Waals surface area contributed by atoms with Gasteiger partial charge < -0.3 is 10.6 Å². The van der Waals surface area contributed by atoms with Crippen molar-refractivity contribution in [3.8, 4) is 0 Å². The topological polar surface area (TPSA) is 82.6 Å². The molecule has 0 saturated carbocycles. The van der Waals surface area contributed by atoms with Crippen LogP contribution in [0.1, 0.15) is 29.7 Å². The first-order chi connectivity index (χ1) is 12.4. The Morgan fingerprint density at radius 3 is 2.19 bits per heavy atom. The molecule has 0 fully saturated rings. The van der Waals surface area contributed by atoms with E-state index in [0.29, 0.717) is 12.5 Å². The Labute approximate surface area is 178 Å². The van der Waals surface area contributed by atoms with Crippen LogP contribution >= 0.6 is 24.0 Å². The molecule has 0 bridgehead atoms. The lowest BCUT2D eigenvalue weighted by molar-refractivity contribution is 0.587. The summed E-state index contributed by atoms with van der Waals surface area (Å²) >= 11 is 0. The summed E-state index contributed by atoms with van der Waals surface area (Å²) in [6.07, 6.45) is 0. The Morgan fingerprint density at radius 1 is 1.04 bits per heavy atom. The van der Waals surface area contributed by atoms with Crippen molar-refractivity contribution in [1.82, 2.24) is 15.4 Å². The maximum atomic E-state index is 11.6. The maximum absolute atomic E-state index is 11.6. The molecule has 0 amide bonds. The highest BCUT2D eigenvalue weighted by Crippen LogP contribution is 2.11. The van der Waals surface area contributed by atoms with Gasteiger partial charge in [0.2, 0.25) is 10.0 Å². The first kappa shape index (κ1) is 23.4. The van der Waals surface area contributed by atoms with E-state index in [9.17, 15) is 8.42 Å². The number of aliphatic imine (C=N–C) groups is 1. The van der Waals surface area contributed by atoms with Crippen molar-refractivity contribution in [1.29, 1.82) is 0 Å². The second-order valence-electron chi connectivity index (χ2n) is 5.98. The van der Waals surface area contributed by atoms with Crippen LogP contribution in [-0.2, 0) is 22.3 Å². The lowest BCUT2D eigenvalue weighted by Crippen LogP contribution is -2.38. The Hall–Kier alpha value is -1.65. The van der Waals surface area contributed by atoms with E-state index >= 15 is 0 Å². The summed E-state index contributed by atoms with van der Waals surface area (Å²) in [6.45, 7) is 2.68. The lowest BCUT2D eigenvalue weighted by atomic mass is 10.1. The number of rotatable bonds is 7. The molecule has 0 aliphatic carbocycles. The van der Waals surface area contributed by atoms with Crippen LogP contribution in [0.2, 0.25) is 0 Å². The number of halogens is 1. The van der Waals surface area contributed by atoms with E-state index in [1.807, 2.05) is 42.5 Å². The molecular weight excluding hydrogens is 475 g/mol. The number of guanidine groups is 1. The van der Waals surface area contributed by atoms with Crippen LogP contribution in [0.25, 0.3) is 0 Å². The van der Waals surface area contributed by atoms with E-state index in [-0.39, 0.29) is 35.8 Å². The maximum Gasteiger partial charge on any atom is 0.215 e. The average molecular weight is 502 g/mol. The van der Waals surface area contributed by atoms with E-state index in [4.69, 9.17) is 0 Å². The highest BCUT2D eigenvalue weighted by Gasteiger charge is 2.09. The summed E-state index contributed by atoms with van der Waals surface area (Å²) in [5.41, 5.74) is 2.99. The van der Waals surface area contributed by atoms with Gasteiger partial charge in [-0.1, -0.05) is 54.6 Å². The van der Waals surface area contributed by atoms with E-state index in [2.05, 4.69) is 39.4 Å². The van der Waals surface area contributed by atoms with Gasteiger partial charge in [0, 0.05) is 13.6 Å². The fourth-order valence-electron chi connectivity index (χ4n) is 2.46. The molecule has 1 unspecified atom stereocenters. The van der Waals surface area contributed by atoms with Crippen LogP contribution < -0.4 is 15.4 Å². The quantitative estimate of drug-likeness (QED) is 0.309. The van der Waals surface area contributed by atoms with Crippen LogP contribution in [0.5, 0.6) is 0 Å². The summed E-state index contributed by atoms with van der Waals surface area (Å²) < 4.78 is 25.5.